The molecule has 1 aliphatic rings. The maximum absolute atomic E-state index is 12.5. The van der Waals surface area contributed by atoms with Crippen LogP contribution in [-0.4, -0.2) is 13.1 Å². The number of hydrogen-bond donors (Lipinski definition) is 0. The van der Waals surface area contributed by atoms with Gasteiger partial charge < -0.3 is 4.74 Å². The van der Waals surface area contributed by atoms with Crippen LogP contribution in [0.4, 0.5) is 0 Å². The van der Waals surface area contributed by atoms with Crippen molar-refractivity contribution in [3.05, 3.63) is 113 Å². The number of esters is 1. The highest BCUT2D eigenvalue weighted by atomic mass is 16.5. The summed E-state index contributed by atoms with van der Waals surface area (Å²) >= 11 is 0. The quantitative estimate of drug-likeness (QED) is 0.621. The van der Waals surface area contributed by atoms with E-state index in [0.717, 1.165) is 22.3 Å². The Kier molecular flexibility index (Phi) is 4.38. The summed E-state index contributed by atoms with van der Waals surface area (Å²) in [6.07, 6.45) is 0. The van der Waals surface area contributed by atoms with E-state index in [1.807, 2.05) is 91.0 Å². The van der Waals surface area contributed by atoms with Gasteiger partial charge in [-0.15, -0.1) is 5.11 Å². The summed E-state index contributed by atoms with van der Waals surface area (Å²) in [5, 5.41) is 8.97. The topological polar surface area (TPSA) is 51.0 Å². The average molecular weight is 354 g/mol. The van der Waals surface area contributed by atoms with Crippen LogP contribution in [-0.2, 0) is 15.1 Å². The monoisotopic (exact) mass is 354 g/mol. The molecule has 0 N–H and O–H groups in total. The SMILES string of the molecule is COC(=O)C1=C(c2ccccc2)C(c2ccccc2)(c2ccccc2)N=N1. The molecular formula is C23H18N2O2. The van der Waals surface area contributed by atoms with Crippen molar-refractivity contribution in [2.45, 2.75) is 5.54 Å². The van der Waals surface area contributed by atoms with Crippen molar-refractivity contribution in [2.75, 3.05) is 7.11 Å². The second kappa shape index (κ2) is 7.00. The molecule has 0 spiro atoms. The molecule has 132 valence electrons. The number of hydrogen-bond acceptors (Lipinski definition) is 4. The number of benzene rings is 3. The van der Waals surface area contributed by atoms with E-state index >= 15 is 0 Å². The summed E-state index contributed by atoms with van der Waals surface area (Å²) in [4.78, 5) is 12.5. The van der Waals surface area contributed by atoms with E-state index in [1.54, 1.807) is 0 Å². The van der Waals surface area contributed by atoms with Crippen LogP contribution in [0.1, 0.15) is 16.7 Å². The molecule has 4 nitrogen and oxygen atoms in total. The van der Waals surface area contributed by atoms with E-state index in [1.165, 1.54) is 7.11 Å². The summed E-state index contributed by atoms with van der Waals surface area (Å²) in [5.74, 6) is -0.494. The molecule has 1 heterocycles. The Labute approximate surface area is 157 Å². The standard InChI is InChI=1S/C23H18N2O2/c1-27-22(26)21-20(17-11-5-2-6-12-17)23(25-24-21,18-13-7-3-8-14-18)19-15-9-4-10-16-19/h2-16H,1H3. The maximum Gasteiger partial charge on any atom is 0.359 e. The van der Waals surface area contributed by atoms with Crippen LogP contribution in [0.15, 0.2) is 107 Å². The van der Waals surface area contributed by atoms with Crippen LogP contribution in [0, 0.1) is 0 Å². The summed E-state index contributed by atoms with van der Waals surface area (Å²) < 4.78 is 5.00. The van der Waals surface area contributed by atoms with Crippen molar-refractivity contribution >= 4 is 11.5 Å². The van der Waals surface area contributed by atoms with Crippen LogP contribution in [0.2, 0.25) is 0 Å². The van der Waals surface area contributed by atoms with Crippen LogP contribution in [0.5, 0.6) is 0 Å². The summed E-state index contributed by atoms with van der Waals surface area (Å²) in [7, 11) is 1.36. The molecule has 0 saturated carbocycles. The highest BCUT2D eigenvalue weighted by Gasteiger charge is 2.46. The molecule has 0 unspecified atom stereocenters. The van der Waals surface area contributed by atoms with Crippen molar-refractivity contribution in [3.8, 4) is 0 Å². The fraction of sp³-hybridized carbons (Fsp3) is 0.0870. The van der Waals surface area contributed by atoms with E-state index < -0.39 is 11.5 Å². The van der Waals surface area contributed by atoms with Gasteiger partial charge in [-0.2, -0.15) is 5.11 Å². The van der Waals surface area contributed by atoms with E-state index in [4.69, 9.17) is 4.74 Å². The molecule has 4 heteroatoms. The normalized spacial score (nSPS) is 15.0. The van der Waals surface area contributed by atoms with E-state index in [-0.39, 0.29) is 5.70 Å². The number of nitrogens with zero attached hydrogens (tertiary/aromatic N) is 2. The molecule has 27 heavy (non-hydrogen) atoms. The molecule has 0 saturated heterocycles. The zero-order valence-corrected chi connectivity index (χ0v) is 14.9. The number of carbonyl (C=O) groups is 1. The molecule has 0 atom stereocenters. The molecule has 0 amide bonds. The number of azo groups is 1. The fourth-order valence-electron chi connectivity index (χ4n) is 3.52. The Morgan fingerprint density at radius 2 is 1.26 bits per heavy atom. The molecule has 1 aliphatic heterocycles. The Bertz CT molecular complexity index is 971. The molecule has 0 radical (unpaired) electrons. The molecule has 0 fully saturated rings. The van der Waals surface area contributed by atoms with Crippen LogP contribution >= 0.6 is 0 Å². The largest absolute Gasteiger partial charge is 0.464 e. The third-order valence-corrected chi connectivity index (χ3v) is 4.72. The predicted molar refractivity (Wildman–Crippen MR) is 104 cm³/mol. The molecular weight excluding hydrogens is 336 g/mol. The number of methoxy groups -OCH3 is 1. The lowest BCUT2D eigenvalue weighted by Crippen LogP contribution is -2.26. The van der Waals surface area contributed by atoms with Crippen LogP contribution < -0.4 is 0 Å². The first-order valence-electron chi connectivity index (χ1n) is 8.70. The second-order valence-corrected chi connectivity index (χ2v) is 6.22. The van der Waals surface area contributed by atoms with Gasteiger partial charge in [0.2, 0.25) is 0 Å². The minimum atomic E-state index is -0.909. The lowest BCUT2D eigenvalue weighted by Gasteiger charge is -2.30. The minimum Gasteiger partial charge on any atom is -0.464 e. The summed E-state index contributed by atoms with van der Waals surface area (Å²) in [6.45, 7) is 0. The summed E-state index contributed by atoms with van der Waals surface area (Å²) in [6, 6.07) is 29.6. The Morgan fingerprint density at radius 3 is 1.74 bits per heavy atom. The zero-order chi connectivity index (χ0) is 18.7. The predicted octanol–water partition coefficient (Wildman–Crippen LogP) is 4.98. The number of rotatable bonds is 4. The van der Waals surface area contributed by atoms with E-state index in [2.05, 4.69) is 10.2 Å². The van der Waals surface area contributed by atoms with Crippen LogP contribution in [0.3, 0.4) is 0 Å². The lowest BCUT2D eigenvalue weighted by atomic mass is 9.74. The molecule has 4 rings (SSSR count). The lowest BCUT2D eigenvalue weighted by molar-refractivity contribution is -0.136. The first-order valence-corrected chi connectivity index (χ1v) is 8.70. The fourth-order valence-corrected chi connectivity index (χ4v) is 3.52. The van der Waals surface area contributed by atoms with Crippen molar-refractivity contribution in [2.24, 2.45) is 10.2 Å². The van der Waals surface area contributed by atoms with Crippen molar-refractivity contribution in [1.82, 2.24) is 0 Å². The highest BCUT2D eigenvalue weighted by Crippen LogP contribution is 2.51. The van der Waals surface area contributed by atoms with Crippen LogP contribution in [0.25, 0.3) is 5.57 Å². The highest BCUT2D eigenvalue weighted by molar-refractivity contribution is 6.01. The maximum atomic E-state index is 12.5. The van der Waals surface area contributed by atoms with Crippen molar-refractivity contribution in [3.63, 3.8) is 0 Å². The molecule has 0 bridgehead atoms. The average Bonchev–Trinajstić information content (AvgIpc) is 3.16. The van der Waals surface area contributed by atoms with Gasteiger partial charge >= 0.3 is 5.97 Å². The van der Waals surface area contributed by atoms with E-state index in [0.29, 0.717) is 0 Å². The smallest absolute Gasteiger partial charge is 0.359 e. The molecule has 0 aliphatic carbocycles. The van der Waals surface area contributed by atoms with Gasteiger partial charge in [0, 0.05) is 5.57 Å². The van der Waals surface area contributed by atoms with Crippen molar-refractivity contribution < 1.29 is 9.53 Å². The third-order valence-electron chi connectivity index (χ3n) is 4.72. The van der Waals surface area contributed by atoms with Gasteiger partial charge in [-0.05, 0) is 16.7 Å². The minimum absolute atomic E-state index is 0.233. The Hall–Kier alpha value is -3.53. The third kappa shape index (κ3) is 2.75. The number of ether oxygens (including phenoxy) is 1. The first-order chi connectivity index (χ1) is 13.3. The molecule has 3 aromatic carbocycles. The summed E-state index contributed by atoms with van der Waals surface area (Å²) in [5.41, 5.74) is 2.82. The van der Waals surface area contributed by atoms with Gasteiger partial charge in [0.25, 0.3) is 0 Å². The number of carbonyl (C=O) groups excluding carboxylic acids is 1. The van der Waals surface area contributed by atoms with E-state index in [9.17, 15) is 4.79 Å². The van der Waals surface area contributed by atoms with Gasteiger partial charge in [-0.3, -0.25) is 0 Å². The Balaban J connectivity index is 2.08. The first kappa shape index (κ1) is 16.9. The van der Waals surface area contributed by atoms with Gasteiger partial charge in [0.1, 0.15) is 0 Å². The van der Waals surface area contributed by atoms with Gasteiger partial charge in [0.15, 0.2) is 11.2 Å². The molecule has 3 aromatic rings. The van der Waals surface area contributed by atoms with Gasteiger partial charge in [0.05, 0.1) is 7.11 Å². The zero-order valence-electron chi connectivity index (χ0n) is 14.9. The second-order valence-electron chi connectivity index (χ2n) is 6.22. The van der Waals surface area contributed by atoms with Gasteiger partial charge in [-0.1, -0.05) is 91.0 Å². The molecule has 0 aromatic heterocycles. The Morgan fingerprint density at radius 1 is 0.778 bits per heavy atom. The van der Waals surface area contributed by atoms with Crippen molar-refractivity contribution in [1.29, 1.82) is 0 Å². The van der Waals surface area contributed by atoms with Gasteiger partial charge in [-0.25, -0.2) is 4.79 Å².